The van der Waals surface area contributed by atoms with E-state index in [1.807, 2.05) is 12.1 Å². The fourth-order valence-electron chi connectivity index (χ4n) is 4.02. The van der Waals surface area contributed by atoms with E-state index in [9.17, 15) is 9.59 Å². The fourth-order valence-corrected chi connectivity index (χ4v) is 5.44. The van der Waals surface area contributed by atoms with Crippen molar-refractivity contribution in [3.05, 3.63) is 29.8 Å². The average molecular weight is 444 g/mol. The predicted octanol–water partition coefficient (Wildman–Crippen LogP) is 6.30. The highest BCUT2D eigenvalue weighted by Gasteiger charge is 2.41. The van der Waals surface area contributed by atoms with Gasteiger partial charge in [0, 0.05) is 11.7 Å². The van der Waals surface area contributed by atoms with Crippen LogP contribution in [0.1, 0.15) is 98.5 Å². The smallest absolute Gasteiger partial charge is 0.247 e. The van der Waals surface area contributed by atoms with E-state index in [-0.39, 0.29) is 27.8 Å². The summed E-state index contributed by atoms with van der Waals surface area (Å²) in [5.41, 5.74) is 1.93. The van der Waals surface area contributed by atoms with Gasteiger partial charge >= 0.3 is 0 Å². The SMILES string of the molecule is BC(C)(C)C(C)(C)c1ccc(N2C(=O)CC(SC(CC)CCCCCCC)C2=O)cc1. The van der Waals surface area contributed by atoms with E-state index in [1.54, 1.807) is 11.8 Å². The summed E-state index contributed by atoms with van der Waals surface area (Å²) < 4.78 is 0. The molecule has 2 rings (SSSR count). The van der Waals surface area contributed by atoms with Crippen molar-refractivity contribution in [2.24, 2.45) is 0 Å². The van der Waals surface area contributed by atoms with E-state index in [1.165, 1.54) is 42.6 Å². The Hall–Kier alpha value is -1.23. The number of imide groups is 1. The van der Waals surface area contributed by atoms with Gasteiger partial charge in [-0.3, -0.25) is 9.59 Å². The maximum absolute atomic E-state index is 13.1. The van der Waals surface area contributed by atoms with E-state index < -0.39 is 0 Å². The van der Waals surface area contributed by atoms with E-state index >= 15 is 0 Å². The summed E-state index contributed by atoms with van der Waals surface area (Å²) in [6, 6.07) is 8.03. The molecular weight excluding hydrogens is 401 g/mol. The van der Waals surface area contributed by atoms with Crippen molar-refractivity contribution in [2.45, 2.75) is 114 Å². The Bertz CT molecular complexity index is 739. The zero-order chi connectivity index (χ0) is 23.2. The zero-order valence-corrected chi connectivity index (χ0v) is 21.6. The summed E-state index contributed by atoms with van der Waals surface area (Å²) in [6.07, 6.45) is 8.86. The van der Waals surface area contributed by atoms with Crippen LogP contribution in [0, 0.1) is 0 Å². The first-order chi connectivity index (χ1) is 14.5. The molecule has 0 aromatic heterocycles. The van der Waals surface area contributed by atoms with E-state index in [4.69, 9.17) is 0 Å². The minimum absolute atomic E-state index is 0.00554. The van der Waals surface area contributed by atoms with Crippen LogP contribution in [0.25, 0.3) is 0 Å². The highest BCUT2D eigenvalue weighted by atomic mass is 32.2. The molecule has 3 nitrogen and oxygen atoms in total. The average Bonchev–Trinajstić information content (AvgIpc) is 2.99. The topological polar surface area (TPSA) is 37.4 Å². The lowest BCUT2D eigenvalue weighted by Gasteiger charge is -2.39. The first-order valence-corrected chi connectivity index (χ1v) is 13.1. The van der Waals surface area contributed by atoms with E-state index in [0.717, 1.165) is 12.8 Å². The molecule has 1 fully saturated rings. The van der Waals surface area contributed by atoms with Crippen LogP contribution < -0.4 is 4.90 Å². The number of unbranched alkanes of at least 4 members (excludes halogenated alkanes) is 4. The van der Waals surface area contributed by atoms with Gasteiger partial charge in [0.15, 0.2) is 0 Å². The second kappa shape index (κ2) is 11.1. The van der Waals surface area contributed by atoms with Crippen LogP contribution in [0.4, 0.5) is 5.69 Å². The first-order valence-electron chi connectivity index (χ1n) is 12.2. The van der Waals surface area contributed by atoms with E-state index in [2.05, 4.69) is 61.5 Å². The zero-order valence-electron chi connectivity index (χ0n) is 20.8. The van der Waals surface area contributed by atoms with Crippen LogP contribution in [0.3, 0.4) is 0 Å². The van der Waals surface area contributed by atoms with Gasteiger partial charge in [-0.1, -0.05) is 91.1 Å². The predicted molar refractivity (Wildman–Crippen MR) is 138 cm³/mol. The largest absolute Gasteiger partial charge is 0.274 e. The molecule has 1 aliphatic heterocycles. The molecule has 0 bridgehead atoms. The molecule has 2 unspecified atom stereocenters. The summed E-state index contributed by atoms with van der Waals surface area (Å²) in [7, 11) is 2.24. The number of anilines is 1. The lowest BCUT2D eigenvalue weighted by atomic mass is 9.54. The summed E-state index contributed by atoms with van der Waals surface area (Å²) in [5, 5.41) is 0.332. The van der Waals surface area contributed by atoms with Crippen molar-refractivity contribution in [2.75, 3.05) is 4.90 Å². The summed E-state index contributed by atoms with van der Waals surface area (Å²) >= 11 is 1.73. The quantitative estimate of drug-likeness (QED) is 0.216. The van der Waals surface area contributed by atoms with Crippen LogP contribution in [-0.4, -0.2) is 30.2 Å². The van der Waals surface area contributed by atoms with Crippen LogP contribution >= 0.6 is 11.8 Å². The third-order valence-electron chi connectivity index (χ3n) is 7.27. The Balaban J connectivity index is 2.03. The third kappa shape index (κ3) is 6.40. The number of rotatable bonds is 12. The second-order valence-corrected chi connectivity index (χ2v) is 12.1. The molecule has 0 aliphatic carbocycles. The minimum atomic E-state index is -0.237. The fraction of sp³-hybridized carbons (Fsp3) is 0.692. The van der Waals surface area contributed by atoms with E-state index in [0.29, 0.717) is 17.4 Å². The molecule has 172 valence electrons. The minimum Gasteiger partial charge on any atom is -0.274 e. The number of hydrogen-bond acceptors (Lipinski definition) is 3. The van der Waals surface area contributed by atoms with Crippen molar-refractivity contribution in [1.82, 2.24) is 0 Å². The van der Waals surface area contributed by atoms with Crippen LogP contribution in [0.15, 0.2) is 24.3 Å². The molecule has 1 aliphatic rings. The number of nitrogens with zero attached hydrogens (tertiary/aromatic N) is 1. The normalized spacial score (nSPS) is 18.6. The van der Waals surface area contributed by atoms with Gasteiger partial charge in [-0.25, -0.2) is 4.90 Å². The molecule has 31 heavy (non-hydrogen) atoms. The summed E-state index contributed by atoms with van der Waals surface area (Å²) in [6.45, 7) is 13.4. The number of benzene rings is 1. The molecule has 5 heteroatoms. The number of amides is 2. The number of carbonyl (C=O) groups excluding carboxylic acids is 2. The Labute approximate surface area is 195 Å². The molecule has 0 N–H and O–H groups in total. The molecule has 0 saturated carbocycles. The molecule has 2 atom stereocenters. The molecule has 0 radical (unpaired) electrons. The molecule has 1 aromatic rings. The van der Waals surface area contributed by atoms with Gasteiger partial charge in [0.05, 0.1) is 10.9 Å². The Morgan fingerprint density at radius 3 is 2.19 bits per heavy atom. The van der Waals surface area contributed by atoms with Gasteiger partial charge < -0.3 is 0 Å². The second-order valence-electron chi connectivity index (χ2n) is 10.6. The van der Waals surface area contributed by atoms with Crippen molar-refractivity contribution in [3.63, 3.8) is 0 Å². The molecule has 1 aromatic carbocycles. The number of carbonyl (C=O) groups is 2. The van der Waals surface area contributed by atoms with Crippen LogP contribution in [0.5, 0.6) is 0 Å². The number of hydrogen-bond donors (Lipinski definition) is 0. The summed E-state index contributed by atoms with van der Waals surface area (Å²) in [4.78, 5) is 27.3. The maximum atomic E-state index is 13.1. The third-order valence-corrected chi connectivity index (χ3v) is 8.92. The van der Waals surface area contributed by atoms with Crippen molar-refractivity contribution in [1.29, 1.82) is 0 Å². The Morgan fingerprint density at radius 1 is 1.03 bits per heavy atom. The lowest BCUT2D eigenvalue weighted by Crippen LogP contribution is -2.33. The highest BCUT2D eigenvalue weighted by Crippen LogP contribution is 2.45. The standard InChI is InChI=1S/C26H42BNO2S/c1-7-9-10-11-12-13-21(8-2)31-22-18-23(29)28(24(22)30)20-16-14-19(15-17-20)25(3,4)26(5,6)27/h14-17,21-22H,7-13,18,27H2,1-6H3. The van der Waals surface area contributed by atoms with Gasteiger partial charge in [0.1, 0.15) is 7.85 Å². The number of thioether (sulfide) groups is 1. The lowest BCUT2D eigenvalue weighted by molar-refractivity contribution is -0.121. The van der Waals surface area contributed by atoms with Crippen molar-refractivity contribution in [3.8, 4) is 0 Å². The van der Waals surface area contributed by atoms with Gasteiger partial charge in [0.25, 0.3) is 0 Å². The van der Waals surface area contributed by atoms with Gasteiger partial charge in [0.2, 0.25) is 11.8 Å². The Kier molecular flexibility index (Phi) is 9.30. The molecule has 1 saturated heterocycles. The summed E-state index contributed by atoms with van der Waals surface area (Å²) in [5.74, 6) is -0.106. The maximum Gasteiger partial charge on any atom is 0.247 e. The van der Waals surface area contributed by atoms with Gasteiger partial charge in [-0.05, 0) is 36.0 Å². The van der Waals surface area contributed by atoms with Crippen LogP contribution in [-0.2, 0) is 15.0 Å². The van der Waals surface area contributed by atoms with Crippen LogP contribution in [0.2, 0.25) is 5.31 Å². The highest BCUT2D eigenvalue weighted by molar-refractivity contribution is 8.01. The monoisotopic (exact) mass is 443 g/mol. The van der Waals surface area contributed by atoms with Gasteiger partial charge in [-0.15, -0.1) is 11.8 Å². The van der Waals surface area contributed by atoms with Crippen molar-refractivity contribution < 1.29 is 9.59 Å². The molecular formula is C26H42BNO2S. The molecule has 0 spiro atoms. The van der Waals surface area contributed by atoms with Crippen molar-refractivity contribution >= 4 is 37.1 Å². The molecule has 2 amide bonds. The first kappa shape index (κ1) is 26.0. The molecule has 1 heterocycles. The Morgan fingerprint density at radius 2 is 1.65 bits per heavy atom. The van der Waals surface area contributed by atoms with Gasteiger partial charge in [-0.2, -0.15) is 0 Å².